The number of amides is 2. The van der Waals surface area contributed by atoms with Gasteiger partial charge < -0.3 is 16.0 Å². The first kappa shape index (κ1) is 12.0. The summed E-state index contributed by atoms with van der Waals surface area (Å²) in [6.07, 6.45) is 2.16. The molecule has 0 aromatic heterocycles. The Labute approximate surface area is 90.0 Å². The molecule has 0 radical (unpaired) electrons. The monoisotopic (exact) mass is 213 g/mol. The average Bonchev–Trinajstić information content (AvgIpc) is 2.22. The van der Waals surface area contributed by atoms with Crippen LogP contribution in [0.1, 0.15) is 26.2 Å². The summed E-state index contributed by atoms with van der Waals surface area (Å²) in [6.45, 7) is 3.55. The number of piperazine rings is 1. The first-order chi connectivity index (χ1) is 7.16. The Morgan fingerprint density at radius 3 is 3.00 bits per heavy atom. The molecule has 0 bridgehead atoms. The van der Waals surface area contributed by atoms with Crippen LogP contribution in [-0.4, -0.2) is 42.4 Å². The van der Waals surface area contributed by atoms with E-state index >= 15 is 0 Å². The topological polar surface area (TPSA) is 75.4 Å². The van der Waals surface area contributed by atoms with Crippen molar-refractivity contribution in [2.45, 2.75) is 32.2 Å². The molecule has 5 heteroatoms. The minimum Gasteiger partial charge on any atom is -0.353 e. The zero-order chi connectivity index (χ0) is 11.3. The van der Waals surface area contributed by atoms with Crippen LogP contribution in [0.3, 0.4) is 0 Å². The Hall–Kier alpha value is -1.10. The van der Waals surface area contributed by atoms with Crippen molar-refractivity contribution in [2.75, 3.05) is 19.6 Å². The highest BCUT2D eigenvalue weighted by molar-refractivity contribution is 5.88. The number of hydrogen-bond donors (Lipinski definition) is 2. The van der Waals surface area contributed by atoms with Crippen LogP contribution < -0.4 is 11.1 Å². The first-order valence-corrected chi connectivity index (χ1v) is 5.44. The van der Waals surface area contributed by atoms with Gasteiger partial charge in [-0.25, -0.2) is 0 Å². The Morgan fingerprint density at radius 2 is 2.33 bits per heavy atom. The van der Waals surface area contributed by atoms with Gasteiger partial charge in [0, 0.05) is 19.5 Å². The second-order valence-electron chi connectivity index (χ2n) is 3.80. The molecule has 1 unspecified atom stereocenters. The van der Waals surface area contributed by atoms with E-state index in [0.29, 0.717) is 26.1 Å². The van der Waals surface area contributed by atoms with Gasteiger partial charge in [-0.1, -0.05) is 0 Å². The summed E-state index contributed by atoms with van der Waals surface area (Å²) in [4.78, 5) is 24.7. The third kappa shape index (κ3) is 3.20. The molecule has 0 aromatic rings. The number of nitrogens with zero attached hydrogens (tertiary/aromatic N) is 1. The maximum absolute atomic E-state index is 11.7. The van der Waals surface area contributed by atoms with E-state index in [-0.39, 0.29) is 17.9 Å². The third-order valence-electron chi connectivity index (χ3n) is 2.66. The highest BCUT2D eigenvalue weighted by Gasteiger charge is 2.28. The summed E-state index contributed by atoms with van der Waals surface area (Å²) in [5.41, 5.74) is 5.35. The molecule has 15 heavy (non-hydrogen) atoms. The molecule has 1 saturated heterocycles. The van der Waals surface area contributed by atoms with Crippen LogP contribution in [0.15, 0.2) is 0 Å². The second kappa shape index (κ2) is 5.70. The molecule has 86 valence electrons. The van der Waals surface area contributed by atoms with E-state index in [0.717, 1.165) is 12.8 Å². The molecule has 0 spiro atoms. The highest BCUT2D eigenvalue weighted by Crippen LogP contribution is 2.08. The van der Waals surface area contributed by atoms with E-state index < -0.39 is 0 Å². The Kier molecular flexibility index (Phi) is 4.55. The summed E-state index contributed by atoms with van der Waals surface area (Å²) < 4.78 is 0. The highest BCUT2D eigenvalue weighted by atomic mass is 16.2. The number of carbonyl (C=O) groups excluding carboxylic acids is 2. The molecule has 1 aliphatic rings. The average molecular weight is 213 g/mol. The molecular weight excluding hydrogens is 194 g/mol. The third-order valence-corrected chi connectivity index (χ3v) is 2.66. The van der Waals surface area contributed by atoms with Gasteiger partial charge in [0.25, 0.3) is 0 Å². The molecule has 1 rings (SSSR count). The number of rotatable bonds is 4. The van der Waals surface area contributed by atoms with Gasteiger partial charge in [-0.2, -0.15) is 0 Å². The summed E-state index contributed by atoms with van der Waals surface area (Å²) in [5, 5.41) is 2.73. The lowest BCUT2D eigenvalue weighted by molar-refractivity contribution is -0.142. The van der Waals surface area contributed by atoms with Crippen LogP contribution in [0.5, 0.6) is 0 Å². The molecule has 1 aliphatic heterocycles. The largest absolute Gasteiger partial charge is 0.353 e. The van der Waals surface area contributed by atoms with E-state index in [1.54, 1.807) is 11.8 Å². The fourth-order valence-corrected chi connectivity index (χ4v) is 1.69. The first-order valence-electron chi connectivity index (χ1n) is 5.44. The van der Waals surface area contributed by atoms with Crippen LogP contribution in [0.2, 0.25) is 0 Å². The fraction of sp³-hybridized carbons (Fsp3) is 0.800. The smallest absolute Gasteiger partial charge is 0.242 e. The van der Waals surface area contributed by atoms with Gasteiger partial charge in [0.15, 0.2) is 0 Å². The van der Waals surface area contributed by atoms with Crippen LogP contribution in [-0.2, 0) is 9.59 Å². The van der Waals surface area contributed by atoms with Gasteiger partial charge in [-0.05, 0) is 26.3 Å². The lowest BCUT2D eigenvalue weighted by Gasteiger charge is -2.32. The van der Waals surface area contributed by atoms with E-state index in [9.17, 15) is 9.59 Å². The number of hydrogen-bond acceptors (Lipinski definition) is 3. The summed E-state index contributed by atoms with van der Waals surface area (Å²) in [5.74, 6) is -0.000718. The van der Waals surface area contributed by atoms with Crippen molar-refractivity contribution < 1.29 is 9.59 Å². The van der Waals surface area contributed by atoms with Crippen molar-refractivity contribution in [3.8, 4) is 0 Å². The van der Waals surface area contributed by atoms with E-state index in [1.807, 2.05) is 0 Å². The maximum atomic E-state index is 11.7. The number of carbonyl (C=O) groups is 2. The Balaban J connectivity index is 2.40. The summed E-state index contributed by atoms with van der Waals surface area (Å²) >= 11 is 0. The predicted octanol–water partition coefficient (Wildman–Crippen LogP) is -0.538. The molecule has 1 fully saturated rings. The van der Waals surface area contributed by atoms with Crippen LogP contribution in [0.25, 0.3) is 0 Å². The molecule has 1 atom stereocenters. The molecule has 1 heterocycles. The SMILES string of the molecule is CC1C(=O)NCCN1C(=O)CCCCN. The summed E-state index contributed by atoms with van der Waals surface area (Å²) in [7, 11) is 0. The zero-order valence-electron chi connectivity index (χ0n) is 9.16. The van der Waals surface area contributed by atoms with Gasteiger partial charge in [0.05, 0.1) is 0 Å². The molecule has 5 nitrogen and oxygen atoms in total. The molecule has 2 amide bonds. The minimum atomic E-state index is -0.330. The van der Waals surface area contributed by atoms with E-state index in [2.05, 4.69) is 5.32 Å². The van der Waals surface area contributed by atoms with Gasteiger partial charge in [-0.15, -0.1) is 0 Å². The second-order valence-corrected chi connectivity index (χ2v) is 3.80. The van der Waals surface area contributed by atoms with E-state index in [4.69, 9.17) is 5.73 Å². The quantitative estimate of drug-likeness (QED) is 0.616. The standard InChI is InChI=1S/C10H19N3O2/c1-8-10(15)12-6-7-13(8)9(14)4-2-3-5-11/h8H,2-7,11H2,1H3,(H,12,15). The molecule has 0 aliphatic carbocycles. The van der Waals surface area contributed by atoms with Crippen molar-refractivity contribution in [1.82, 2.24) is 10.2 Å². The molecule has 0 aromatic carbocycles. The Bertz CT molecular complexity index is 243. The van der Waals surface area contributed by atoms with Gasteiger partial charge >= 0.3 is 0 Å². The van der Waals surface area contributed by atoms with Crippen LogP contribution >= 0.6 is 0 Å². The predicted molar refractivity (Wildman–Crippen MR) is 57.1 cm³/mol. The fourth-order valence-electron chi connectivity index (χ4n) is 1.69. The normalized spacial score (nSPS) is 21.3. The number of nitrogens with one attached hydrogen (secondary N) is 1. The molecule has 3 N–H and O–H groups in total. The molecule has 0 saturated carbocycles. The van der Waals surface area contributed by atoms with E-state index in [1.165, 1.54) is 0 Å². The van der Waals surface area contributed by atoms with Crippen molar-refractivity contribution >= 4 is 11.8 Å². The minimum absolute atomic E-state index is 0.0609. The number of unbranched alkanes of at least 4 members (excludes halogenated alkanes) is 1. The Morgan fingerprint density at radius 1 is 1.60 bits per heavy atom. The lowest BCUT2D eigenvalue weighted by Crippen LogP contribution is -2.55. The number of nitrogens with two attached hydrogens (primary N) is 1. The van der Waals surface area contributed by atoms with Crippen molar-refractivity contribution in [2.24, 2.45) is 5.73 Å². The lowest BCUT2D eigenvalue weighted by atomic mass is 10.1. The summed E-state index contributed by atoms with van der Waals surface area (Å²) in [6, 6.07) is -0.330. The van der Waals surface area contributed by atoms with Crippen LogP contribution in [0, 0.1) is 0 Å². The van der Waals surface area contributed by atoms with Gasteiger partial charge in [-0.3, -0.25) is 9.59 Å². The van der Waals surface area contributed by atoms with Gasteiger partial charge in [0.2, 0.25) is 11.8 Å². The van der Waals surface area contributed by atoms with Crippen molar-refractivity contribution in [3.05, 3.63) is 0 Å². The van der Waals surface area contributed by atoms with Gasteiger partial charge in [0.1, 0.15) is 6.04 Å². The van der Waals surface area contributed by atoms with Crippen molar-refractivity contribution in [1.29, 1.82) is 0 Å². The zero-order valence-corrected chi connectivity index (χ0v) is 9.16. The molecular formula is C10H19N3O2. The van der Waals surface area contributed by atoms with Crippen molar-refractivity contribution in [3.63, 3.8) is 0 Å². The van der Waals surface area contributed by atoms with Crippen LogP contribution in [0.4, 0.5) is 0 Å². The maximum Gasteiger partial charge on any atom is 0.242 e.